The fraction of sp³-hybridized carbons (Fsp3) is 0.238. The standard InChI is InChI=1S/C21H18FN5O2/c1-12-7-20(28)26-17-4-3-14(8-15(12)17)25-21(29)16-9-19(23-2)24-10-18(16)27-6-5-13(22)11-27/h3-4,7-10,13H,5-6,11H2,1H3,(H,25,29)(H,26,28). The van der Waals surface area contributed by atoms with Crippen molar-refractivity contribution in [1.29, 1.82) is 0 Å². The van der Waals surface area contributed by atoms with Crippen molar-refractivity contribution in [2.45, 2.75) is 19.5 Å². The number of nitrogens with one attached hydrogen (secondary N) is 2. The van der Waals surface area contributed by atoms with Crippen LogP contribution in [-0.4, -0.2) is 35.1 Å². The molecule has 1 aliphatic heterocycles. The minimum atomic E-state index is -0.947. The van der Waals surface area contributed by atoms with Crippen LogP contribution in [0.5, 0.6) is 0 Å². The molecule has 0 aliphatic carbocycles. The van der Waals surface area contributed by atoms with Gasteiger partial charge >= 0.3 is 0 Å². The summed E-state index contributed by atoms with van der Waals surface area (Å²) in [5.41, 5.74) is 2.63. The number of hydrogen-bond donors (Lipinski definition) is 2. The van der Waals surface area contributed by atoms with Crippen molar-refractivity contribution >= 4 is 34.0 Å². The molecule has 2 aromatic heterocycles. The first kappa shape index (κ1) is 18.6. The highest BCUT2D eigenvalue weighted by molar-refractivity contribution is 6.09. The van der Waals surface area contributed by atoms with Gasteiger partial charge in [0.25, 0.3) is 11.7 Å². The van der Waals surface area contributed by atoms with Crippen LogP contribution in [0, 0.1) is 13.5 Å². The van der Waals surface area contributed by atoms with Gasteiger partial charge in [0.1, 0.15) is 12.4 Å². The number of nitrogens with zero attached hydrogens (tertiary/aromatic N) is 3. The van der Waals surface area contributed by atoms with Gasteiger partial charge in [-0.25, -0.2) is 4.39 Å². The number of carbonyl (C=O) groups excluding carboxylic acids is 1. The minimum absolute atomic E-state index is 0.0989. The number of pyridine rings is 2. The summed E-state index contributed by atoms with van der Waals surface area (Å²) in [5.74, 6) is -0.308. The summed E-state index contributed by atoms with van der Waals surface area (Å²) in [6, 6.07) is 8.12. The molecule has 0 saturated carbocycles. The Morgan fingerprint density at radius 3 is 2.93 bits per heavy atom. The van der Waals surface area contributed by atoms with Gasteiger partial charge in [0.2, 0.25) is 5.56 Å². The third kappa shape index (κ3) is 3.67. The lowest BCUT2D eigenvalue weighted by Crippen LogP contribution is -2.24. The first-order chi connectivity index (χ1) is 13.9. The second-order valence-electron chi connectivity index (χ2n) is 7.03. The van der Waals surface area contributed by atoms with Gasteiger partial charge in [0.05, 0.1) is 11.3 Å². The lowest BCUT2D eigenvalue weighted by molar-refractivity contribution is 0.102. The van der Waals surface area contributed by atoms with Gasteiger partial charge in [0, 0.05) is 35.7 Å². The number of benzene rings is 1. The Bertz CT molecular complexity index is 1210. The molecule has 0 radical (unpaired) electrons. The number of rotatable bonds is 3. The second-order valence-corrected chi connectivity index (χ2v) is 7.03. The Hall–Kier alpha value is -3.73. The van der Waals surface area contributed by atoms with Crippen LogP contribution < -0.4 is 15.8 Å². The van der Waals surface area contributed by atoms with Crippen LogP contribution in [0.25, 0.3) is 15.7 Å². The molecule has 0 spiro atoms. The molecule has 1 aliphatic rings. The van der Waals surface area contributed by atoms with Crippen LogP contribution in [0.3, 0.4) is 0 Å². The molecule has 29 heavy (non-hydrogen) atoms. The fourth-order valence-electron chi connectivity index (χ4n) is 3.57. The lowest BCUT2D eigenvalue weighted by Gasteiger charge is -2.19. The van der Waals surface area contributed by atoms with E-state index in [1.807, 2.05) is 6.92 Å². The van der Waals surface area contributed by atoms with E-state index >= 15 is 0 Å². The van der Waals surface area contributed by atoms with Gasteiger partial charge in [-0.05, 0) is 43.2 Å². The molecule has 8 heteroatoms. The molecule has 1 unspecified atom stereocenters. The number of aryl methyl sites for hydroxylation is 1. The van der Waals surface area contributed by atoms with Crippen LogP contribution in [0.4, 0.5) is 21.6 Å². The van der Waals surface area contributed by atoms with E-state index in [2.05, 4.69) is 20.1 Å². The minimum Gasteiger partial charge on any atom is -0.365 e. The molecule has 1 aromatic carbocycles. The van der Waals surface area contributed by atoms with Crippen molar-refractivity contribution in [3.05, 3.63) is 69.4 Å². The quantitative estimate of drug-likeness (QED) is 0.669. The molecular weight excluding hydrogens is 373 g/mol. The molecule has 1 atom stereocenters. The number of hydrogen-bond acceptors (Lipinski definition) is 4. The largest absolute Gasteiger partial charge is 0.365 e. The summed E-state index contributed by atoms with van der Waals surface area (Å²) in [6.07, 6.45) is 0.903. The van der Waals surface area contributed by atoms with Crippen molar-refractivity contribution in [3.8, 4) is 0 Å². The number of H-pyrrole nitrogens is 1. The fourth-order valence-corrected chi connectivity index (χ4v) is 3.57. The zero-order valence-corrected chi connectivity index (χ0v) is 15.7. The molecule has 3 heterocycles. The van der Waals surface area contributed by atoms with E-state index in [1.165, 1.54) is 18.3 Å². The third-order valence-electron chi connectivity index (χ3n) is 5.01. The van der Waals surface area contributed by atoms with Gasteiger partial charge in [-0.15, -0.1) is 4.98 Å². The SMILES string of the molecule is [C-]#[N+]c1cc(C(=O)Nc2ccc3[nH]c(=O)cc(C)c3c2)c(N2CCC(F)C2)cn1. The van der Waals surface area contributed by atoms with Crippen LogP contribution >= 0.6 is 0 Å². The highest BCUT2D eigenvalue weighted by Crippen LogP contribution is 2.29. The molecule has 2 N–H and O–H groups in total. The Morgan fingerprint density at radius 2 is 2.21 bits per heavy atom. The summed E-state index contributed by atoms with van der Waals surface area (Å²) >= 11 is 0. The maximum Gasteiger partial charge on any atom is 0.270 e. The maximum atomic E-state index is 13.7. The molecule has 0 bridgehead atoms. The number of fused-ring (bicyclic) bond motifs is 1. The second kappa shape index (κ2) is 7.36. The summed E-state index contributed by atoms with van der Waals surface area (Å²) in [7, 11) is 0. The Morgan fingerprint density at radius 1 is 1.38 bits per heavy atom. The summed E-state index contributed by atoms with van der Waals surface area (Å²) in [5, 5.41) is 3.66. The van der Waals surface area contributed by atoms with Crippen molar-refractivity contribution in [2.75, 3.05) is 23.3 Å². The molecule has 1 saturated heterocycles. The average Bonchev–Trinajstić information content (AvgIpc) is 3.14. The van der Waals surface area contributed by atoms with Crippen LogP contribution in [-0.2, 0) is 0 Å². The highest BCUT2D eigenvalue weighted by Gasteiger charge is 2.27. The van der Waals surface area contributed by atoms with Crippen molar-refractivity contribution in [1.82, 2.24) is 9.97 Å². The number of carbonyl (C=O) groups is 1. The van der Waals surface area contributed by atoms with Gasteiger partial charge in [-0.1, -0.05) is 6.57 Å². The zero-order chi connectivity index (χ0) is 20.5. The summed E-state index contributed by atoms with van der Waals surface area (Å²) < 4.78 is 13.7. The Labute approximate surface area is 166 Å². The monoisotopic (exact) mass is 391 g/mol. The van der Waals surface area contributed by atoms with Crippen LogP contribution in [0.1, 0.15) is 22.3 Å². The van der Waals surface area contributed by atoms with Gasteiger partial charge < -0.3 is 20.0 Å². The number of aromatic nitrogens is 2. The van der Waals surface area contributed by atoms with Crippen molar-refractivity contribution in [2.24, 2.45) is 0 Å². The van der Waals surface area contributed by atoms with E-state index in [0.717, 1.165) is 10.9 Å². The Kier molecular flexibility index (Phi) is 4.72. The van der Waals surface area contributed by atoms with Gasteiger partial charge in [-0.2, -0.15) is 0 Å². The van der Waals surface area contributed by atoms with Crippen molar-refractivity contribution < 1.29 is 9.18 Å². The predicted octanol–water partition coefficient (Wildman–Crippen LogP) is 3.58. The molecular formula is C21H18FN5O2. The number of alkyl halides is 1. The topological polar surface area (TPSA) is 82.4 Å². The van der Waals surface area contributed by atoms with E-state index in [9.17, 15) is 14.0 Å². The van der Waals surface area contributed by atoms with Crippen LogP contribution in [0.2, 0.25) is 0 Å². The van der Waals surface area contributed by atoms with E-state index in [4.69, 9.17) is 6.57 Å². The molecule has 1 fully saturated rings. The maximum absolute atomic E-state index is 13.7. The summed E-state index contributed by atoms with van der Waals surface area (Å²) in [6.45, 7) is 9.69. The van der Waals surface area contributed by atoms with Gasteiger partial charge in [0.15, 0.2) is 0 Å². The first-order valence-electron chi connectivity index (χ1n) is 9.16. The average molecular weight is 391 g/mol. The van der Waals surface area contributed by atoms with E-state index in [1.54, 1.807) is 23.1 Å². The molecule has 1 amide bonds. The smallest absolute Gasteiger partial charge is 0.270 e. The molecule has 146 valence electrons. The van der Waals surface area contributed by atoms with E-state index < -0.39 is 12.1 Å². The third-order valence-corrected chi connectivity index (χ3v) is 5.01. The zero-order valence-electron chi connectivity index (χ0n) is 15.7. The molecule has 7 nitrogen and oxygen atoms in total. The van der Waals surface area contributed by atoms with Crippen molar-refractivity contribution in [3.63, 3.8) is 0 Å². The first-order valence-corrected chi connectivity index (χ1v) is 9.16. The number of halogens is 1. The number of aromatic amines is 1. The Balaban J connectivity index is 1.68. The van der Waals surface area contributed by atoms with Gasteiger partial charge in [-0.3, -0.25) is 9.59 Å². The highest BCUT2D eigenvalue weighted by atomic mass is 19.1. The van der Waals surface area contributed by atoms with E-state index in [0.29, 0.717) is 29.9 Å². The normalized spacial score (nSPS) is 16.0. The number of amides is 1. The predicted molar refractivity (Wildman–Crippen MR) is 109 cm³/mol. The summed E-state index contributed by atoms with van der Waals surface area (Å²) in [4.78, 5) is 36.5. The number of anilines is 2. The molecule has 4 rings (SSSR count). The lowest BCUT2D eigenvalue weighted by atomic mass is 10.1. The van der Waals surface area contributed by atoms with Crippen LogP contribution in [0.15, 0.2) is 41.3 Å². The van der Waals surface area contributed by atoms with E-state index in [-0.39, 0.29) is 23.5 Å². The molecule has 3 aromatic rings.